The molecule has 2 rings (SSSR count). The summed E-state index contributed by atoms with van der Waals surface area (Å²) in [7, 11) is 0. The highest BCUT2D eigenvalue weighted by molar-refractivity contribution is 6.09. The van der Waals surface area contributed by atoms with Crippen molar-refractivity contribution in [3.05, 3.63) is 59.2 Å². The molecule has 0 fully saturated rings. The average Bonchev–Trinajstić information content (AvgIpc) is 2.54. The van der Waals surface area contributed by atoms with Crippen LogP contribution in [0.1, 0.15) is 36.5 Å². The Morgan fingerprint density at radius 1 is 1.12 bits per heavy atom. The third-order valence-electron chi connectivity index (χ3n) is 3.00. The Morgan fingerprint density at radius 3 is 2.62 bits per heavy atom. The Bertz CT molecular complexity index is 438. The molecule has 0 aromatic heterocycles. The molecule has 0 N–H and O–H groups in total. The van der Waals surface area contributed by atoms with Gasteiger partial charge >= 0.3 is 0 Å². The molecular formula is C15H16O. The van der Waals surface area contributed by atoms with Crippen LogP contribution in [0.3, 0.4) is 0 Å². The molecule has 0 radical (unpaired) electrons. The molecule has 0 spiro atoms. The summed E-state index contributed by atoms with van der Waals surface area (Å²) in [5.41, 5.74) is 3.01. The second-order valence-electron chi connectivity index (χ2n) is 4.17. The van der Waals surface area contributed by atoms with E-state index in [1.807, 2.05) is 30.3 Å². The van der Waals surface area contributed by atoms with Crippen LogP contribution in [-0.2, 0) is 0 Å². The fraction of sp³-hybridized carbons (Fsp3) is 0.267. The predicted molar refractivity (Wildman–Crippen MR) is 66.5 cm³/mol. The highest BCUT2D eigenvalue weighted by Crippen LogP contribution is 2.22. The number of hydrogen-bond donors (Lipinski definition) is 0. The minimum atomic E-state index is 0.185. The topological polar surface area (TPSA) is 17.1 Å². The molecule has 0 unspecified atom stereocenters. The first-order chi connectivity index (χ1) is 7.79. The van der Waals surface area contributed by atoms with E-state index in [1.54, 1.807) is 0 Å². The van der Waals surface area contributed by atoms with E-state index in [9.17, 15) is 4.79 Å². The molecule has 1 aliphatic carbocycles. The van der Waals surface area contributed by atoms with Gasteiger partial charge in [-0.1, -0.05) is 48.1 Å². The van der Waals surface area contributed by atoms with Crippen LogP contribution in [0.4, 0.5) is 0 Å². The highest BCUT2D eigenvalue weighted by atomic mass is 16.1. The maximum absolute atomic E-state index is 12.3. The number of hydrogen-bond acceptors (Lipinski definition) is 1. The van der Waals surface area contributed by atoms with E-state index in [1.165, 1.54) is 5.57 Å². The molecule has 0 aliphatic heterocycles. The third-order valence-corrected chi connectivity index (χ3v) is 3.00. The van der Waals surface area contributed by atoms with Crippen molar-refractivity contribution in [2.45, 2.75) is 26.2 Å². The number of carbonyl (C=O) groups excluding carboxylic acids is 1. The van der Waals surface area contributed by atoms with Crippen molar-refractivity contribution in [2.75, 3.05) is 0 Å². The van der Waals surface area contributed by atoms with Gasteiger partial charge in [-0.3, -0.25) is 4.79 Å². The van der Waals surface area contributed by atoms with Gasteiger partial charge in [0.15, 0.2) is 5.78 Å². The standard InChI is InChI=1S/C15H16O/c1-12-8-4-2-7-11-14(12)15(16)13-9-5-3-6-10-13/h2-3,5-7,9-10H,4,8,11H2,1H3. The lowest BCUT2D eigenvalue weighted by atomic mass is 9.96. The number of rotatable bonds is 2. The summed E-state index contributed by atoms with van der Waals surface area (Å²) in [6.45, 7) is 2.07. The summed E-state index contributed by atoms with van der Waals surface area (Å²) < 4.78 is 0. The first-order valence-corrected chi connectivity index (χ1v) is 5.72. The maximum Gasteiger partial charge on any atom is 0.189 e. The second-order valence-corrected chi connectivity index (χ2v) is 4.17. The molecule has 1 aromatic carbocycles. The van der Waals surface area contributed by atoms with E-state index in [-0.39, 0.29) is 5.78 Å². The third kappa shape index (κ3) is 2.30. The monoisotopic (exact) mass is 212 g/mol. The van der Waals surface area contributed by atoms with E-state index in [4.69, 9.17) is 0 Å². The van der Waals surface area contributed by atoms with E-state index in [2.05, 4.69) is 19.1 Å². The van der Waals surface area contributed by atoms with Gasteiger partial charge in [0.2, 0.25) is 0 Å². The van der Waals surface area contributed by atoms with Crippen LogP contribution in [0.15, 0.2) is 53.6 Å². The molecule has 1 heteroatoms. The summed E-state index contributed by atoms with van der Waals surface area (Å²) >= 11 is 0. The van der Waals surface area contributed by atoms with Gasteiger partial charge in [-0.25, -0.2) is 0 Å². The van der Waals surface area contributed by atoms with Crippen molar-refractivity contribution >= 4 is 5.78 Å². The molecule has 0 saturated carbocycles. The molecule has 1 aromatic rings. The molecule has 1 nitrogen and oxygen atoms in total. The normalized spacial score (nSPS) is 16.1. The minimum Gasteiger partial charge on any atom is -0.289 e. The van der Waals surface area contributed by atoms with Gasteiger partial charge in [-0.2, -0.15) is 0 Å². The minimum absolute atomic E-state index is 0.185. The van der Waals surface area contributed by atoms with E-state index < -0.39 is 0 Å². The van der Waals surface area contributed by atoms with Crippen LogP contribution < -0.4 is 0 Å². The van der Waals surface area contributed by atoms with Crippen molar-refractivity contribution in [1.82, 2.24) is 0 Å². The number of carbonyl (C=O) groups is 1. The Morgan fingerprint density at radius 2 is 1.88 bits per heavy atom. The first kappa shape index (κ1) is 10.9. The molecule has 0 saturated heterocycles. The molecule has 0 amide bonds. The van der Waals surface area contributed by atoms with Gasteiger partial charge in [0.05, 0.1) is 0 Å². The quantitative estimate of drug-likeness (QED) is 0.536. The highest BCUT2D eigenvalue weighted by Gasteiger charge is 2.14. The Balaban J connectivity index is 2.31. The number of ketones is 1. The summed E-state index contributed by atoms with van der Waals surface area (Å²) in [5.74, 6) is 0.185. The van der Waals surface area contributed by atoms with Gasteiger partial charge in [0, 0.05) is 11.1 Å². The van der Waals surface area contributed by atoms with Gasteiger partial charge in [-0.15, -0.1) is 0 Å². The lowest BCUT2D eigenvalue weighted by Gasteiger charge is -2.07. The van der Waals surface area contributed by atoms with Crippen LogP contribution in [0, 0.1) is 0 Å². The fourth-order valence-electron chi connectivity index (χ4n) is 1.99. The molecular weight excluding hydrogens is 196 g/mol. The van der Waals surface area contributed by atoms with Crippen LogP contribution in [0.25, 0.3) is 0 Å². The Labute approximate surface area is 96.5 Å². The molecule has 0 bridgehead atoms. The zero-order valence-corrected chi connectivity index (χ0v) is 9.57. The van der Waals surface area contributed by atoms with Gasteiger partial charge in [-0.05, 0) is 26.2 Å². The van der Waals surface area contributed by atoms with Crippen LogP contribution >= 0.6 is 0 Å². The fourth-order valence-corrected chi connectivity index (χ4v) is 1.99. The summed E-state index contributed by atoms with van der Waals surface area (Å²) in [6, 6.07) is 9.53. The predicted octanol–water partition coefficient (Wildman–Crippen LogP) is 3.93. The molecule has 16 heavy (non-hydrogen) atoms. The SMILES string of the molecule is CC1=C(C(=O)c2ccccc2)CC=CCC1. The molecule has 0 atom stereocenters. The first-order valence-electron chi connectivity index (χ1n) is 5.72. The lowest BCUT2D eigenvalue weighted by molar-refractivity contribution is 0.103. The number of allylic oxidation sites excluding steroid dienone is 4. The van der Waals surface area contributed by atoms with Crippen LogP contribution in [0.5, 0.6) is 0 Å². The van der Waals surface area contributed by atoms with Crippen LogP contribution in [0.2, 0.25) is 0 Å². The van der Waals surface area contributed by atoms with Gasteiger partial charge < -0.3 is 0 Å². The lowest BCUT2D eigenvalue weighted by Crippen LogP contribution is -2.04. The van der Waals surface area contributed by atoms with Crippen LogP contribution in [-0.4, -0.2) is 5.78 Å². The maximum atomic E-state index is 12.3. The summed E-state index contributed by atoms with van der Waals surface area (Å²) in [5, 5.41) is 0. The van der Waals surface area contributed by atoms with E-state index >= 15 is 0 Å². The molecule has 0 heterocycles. The number of benzene rings is 1. The van der Waals surface area contributed by atoms with E-state index in [0.717, 1.165) is 30.4 Å². The van der Waals surface area contributed by atoms with E-state index in [0.29, 0.717) is 0 Å². The smallest absolute Gasteiger partial charge is 0.189 e. The summed E-state index contributed by atoms with van der Waals surface area (Å²) in [6.07, 6.45) is 7.10. The van der Waals surface area contributed by atoms with Crippen molar-refractivity contribution < 1.29 is 4.79 Å². The second kappa shape index (κ2) is 4.93. The van der Waals surface area contributed by atoms with Crippen molar-refractivity contribution in [1.29, 1.82) is 0 Å². The largest absolute Gasteiger partial charge is 0.289 e. The van der Waals surface area contributed by atoms with Crippen molar-refractivity contribution in [3.8, 4) is 0 Å². The van der Waals surface area contributed by atoms with Gasteiger partial charge in [0.25, 0.3) is 0 Å². The Kier molecular flexibility index (Phi) is 3.35. The average molecular weight is 212 g/mol. The summed E-state index contributed by atoms with van der Waals surface area (Å²) in [4.78, 5) is 12.3. The Hall–Kier alpha value is -1.63. The zero-order chi connectivity index (χ0) is 11.4. The van der Waals surface area contributed by atoms with Crippen molar-refractivity contribution in [2.24, 2.45) is 0 Å². The van der Waals surface area contributed by atoms with Gasteiger partial charge in [0.1, 0.15) is 0 Å². The molecule has 1 aliphatic rings. The number of Topliss-reactive ketones (excluding diaryl/α,β-unsaturated/α-hetero) is 1. The zero-order valence-electron chi connectivity index (χ0n) is 9.57. The molecule has 82 valence electrons. The van der Waals surface area contributed by atoms with Crippen molar-refractivity contribution in [3.63, 3.8) is 0 Å².